The smallest absolute Gasteiger partial charge is 0.241 e. The van der Waals surface area contributed by atoms with E-state index in [-0.39, 0.29) is 5.91 Å². The molecule has 5 nitrogen and oxygen atoms in total. The summed E-state index contributed by atoms with van der Waals surface area (Å²) in [4.78, 5) is 15.6. The van der Waals surface area contributed by atoms with Gasteiger partial charge in [-0.25, -0.2) is 0 Å². The van der Waals surface area contributed by atoms with Gasteiger partial charge in [0.1, 0.15) is 0 Å². The van der Waals surface area contributed by atoms with Crippen molar-refractivity contribution >= 4 is 11.6 Å². The monoisotopic (exact) mass is 263 g/mol. The zero-order chi connectivity index (χ0) is 13.8. The Hall–Kier alpha value is -1.59. The molecule has 1 aromatic carbocycles. The van der Waals surface area contributed by atoms with Crippen molar-refractivity contribution < 1.29 is 9.90 Å². The SMILES string of the molecule is CNCC(O)c1ccccc1N1CCN(C)C(=O)C1. The van der Waals surface area contributed by atoms with Gasteiger partial charge >= 0.3 is 0 Å². The highest BCUT2D eigenvalue weighted by Crippen LogP contribution is 2.27. The fourth-order valence-electron chi connectivity index (χ4n) is 2.32. The topological polar surface area (TPSA) is 55.8 Å². The van der Waals surface area contributed by atoms with Crippen molar-refractivity contribution in [2.45, 2.75) is 6.10 Å². The van der Waals surface area contributed by atoms with E-state index in [0.717, 1.165) is 24.3 Å². The third-order valence-corrected chi connectivity index (χ3v) is 3.49. The lowest BCUT2D eigenvalue weighted by atomic mass is 10.1. The molecule has 0 saturated carbocycles. The number of carbonyl (C=O) groups is 1. The fraction of sp³-hybridized carbons (Fsp3) is 0.500. The second-order valence-electron chi connectivity index (χ2n) is 4.87. The van der Waals surface area contributed by atoms with Crippen molar-refractivity contribution in [3.8, 4) is 0 Å². The van der Waals surface area contributed by atoms with Gasteiger partial charge < -0.3 is 20.2 Å². The van der Waals surface area contributed by atoms with Gasteiger partial charge in [-0.2, -0.15) is 0 Å². The van der Waals surface area contributed by atoms with E-state index in [1.54, 1.807) is 4.90 Å². The van der Waals surface area contributed by atoms with E-state index < -0.39 is 6.10 Å². The molecule has 19 heavy (non-hydrogen) atoms. The zero-order valence-electron chi connectivity index (χ0n) is 11.5. The number of likely N-dealkylation sites (N-methyl/N-ethyl adjacent to an activating group) is 2. The average Bonchev–Trinajstić information content (AvgIpc) is 2.42. The number of hydrogen-bond donors (Lipinski definition) is 2. The summed E-state index contributed by atoms with van der Waals surface area (Å²) < 4.78 is 0. The molecular formula is C14H21N3O2. The molecule has 1 atom stereocenters. The third-order valence-electron chi connectivity index (χ3n) is 3.49. The number of nitrogens with zero attached hydrogens (tertiary/aromatic N) is 2. The lowest BCUT2D eigenvalue weighted by Crippen LogP contribution is -2.49. The number of para-hydroxylation sites is 1. The first-order valence-corrected chi connectivity index (χ1v) is 6.54. The number of aliphatic hydroxyl groups is 1. The maximum atomic E-state index is 11.8. The summed E-state index contributed by atoms with van der Waals surface area (Å²) in [6.45, 7) is 2.39. The molecule has 0 radical (unpaired) electrons. The van der Waals surface area contributed by atoms with Gasteiger partial charge in [0.15, 0.2) is 0 Å². The van der Waals surface area contributed by atoms with Crippen molar-refractivity contribution in [3.05, 3.63) is 29.8 Å². The molecule has 104 valence electrons. The van der Waals surface area contributed by atoms with Crippen LogP contribution in [0.3, 0.4) is 0 Å². The van der Waals surface area contributed by atoms with Crippen LogP contribution in [0.2, 0.25) is 0 Å². The summed E-state index contributed by atoms with van der Waals surface area (Å²) in [7, 11) is 3.63. The molecule has 2 N–H and O–H groups in total. The van der Waals surface area contributed by atoms with Crippen LogP contribution >= 0.6 is 0 Å². The number of hydrogen-bond acceptors (Lipinski definition) is 4. The summed E-state index contributed by atoms with van der Waals surface area (Å²) in [5, 5.41) is 13.1. The Kier molecular flexibility index (Phi) is 4.39. The van der Waals surface area contributed by atoms with E-state index in [9.17, 15) is 9.90 Å². The normalized spacial score (nSPS) is 17.7. The lowest BCUT2D eigenvalue weighted by Gasteiger charge is -2.35. The van der Waals surface area contributed by atoms with Crippen LogP contribution < -0.4 is 10.2 Å². The lowest BCUT2D eigenvalue weighted by molar-refractivity contribution is -0.129. The van der Waals surface area contributed by atoms with Gasteiger partial charge in [-0.3, -0.25) is 4.79 Å². The first-order valence-electron chi connectivity index (χ1n) is 6.54. The predicted octanol–water partition coefficient (Wildman–Crippen LogP) is 0.218. The highest BCUT2D eigenvalue weighted by Gasteiger charge is 2.24. The van der Waals surface area contributed by atoms with Gasteiger partial charge in [-0.1, -0.05) is 18.2 Å². The van der Waals surface area contributed by atoms with E-state index >= 15 is 0 Å². The maximum absolute atomic E-state index is 11.8. The first-order chi connectivity index (χ1) is 9.13. The second kappa shape index (κ2) is 6.04. The number of rotatable bonds is 4. The summed E-state index contributed by atoms with van der Waals surface area (Å²) in [6.07, 6.45) is -0.559. The minimum Gasteiger partial charge on any atom is -0.387 e. The molecule has 1 aliphatic rings. The number of piperazine rings is 1. The minimum atomic E-state index is -0.559. The van der Waals surface area contributed by atoms with Crippen LogP contribution in [0.1, 0.15) is 11.7 Å². The molecule has 1 unspecified atom stereocenters. The molecule has 1 aliphatic heterocycles. The largest absolute Gasteiger partial charge is 0.387 e. The van der Waals surface area contributed by atoms with Crippen LogP contribution in [-0.4, -0.2) is 56.2 Å². The Morgan fingerprint density at radius 1 is 1.37 bits per heavy atom. The molecule has 0 bridgehead atoms. The van der Waals surface area contributed by atoms with Crippen molar-refractivity contribution in [1.82, 2.24) is 10.2 Å². The molecule has 1 heterocycles. The molecule has 2 rings (SSSR count). The highest BCUT2D eigenvalue weighted by atomic mass is 16.3. The average molecular weight is 263 g/mol. The number of anilines is 1. The van der Waals surface area contributed by atoms with E-state index in [0.29, 0.717) is 13.1 Å². The van der Waals surface area contributed by atoms with Crippen molar-refractivity contribution in [1.29, 1.82) is 0 Å². The molecule has 0 spiro atoms. The summed E-state index contributed by atoms with van der Waals surface area (Å²) >= 11 is 0. The number of aliphatic hydroxyl groups excluding tert-OH is 1. The standard InChI is InChI=1S/C14H21N3O2/c1-15-9-13(18)11-5-3-4-6-12(11)17-8-7-16(2)14(19)10-17/h3-6,13,15,18H,7-10H2,1-2H3. The number of benzene rings is 1. The predicted molar refractivity (Wildman–Crippen MR) is 75.2 cm³/mol. The van der Waals surface area contributed by atoms with E-state index in [1.807, 2.05) is 43.3 Å². The van der Waals surface area contributed by atoms with Crippen LogP contribution in [0.5, 0.6) is 0 Å². The quantitative estimate of drug-likeness (QED) is 0.816. The second-order valence-corrected chi connectivity index (χ2v) is 4.87. The third kappa shape index (κ3) is 3.05. The van der Waals surface area contributed by atoms with E-state index in [2.05, 4.69) is 5.32 Å². The van der Waals surface area contributed by atoms with Gasteiger partial charge in [-0.05, 0) is 13.1 Å². The highest BCUT2D eigenvalue weighted by molar-refractivity contribution is 5.83. The van der Waals surface area contributed by atoms with Crippen LogP contribution in [0.4, 0.5) is 5.69 Å². The van der Waals surface area contributed by atoms with Gasteiger partial charge in [0.05, 0.1) is 12.6 Å². The molecular weight excluding hydrogens is 242 g/mol. The van der Waals surface area contributed by atoms with Crippen LogP contribution in [0.15, 0.2) is 24.3 Å². The molecule has 1 fully saturated rings. The van der Waals surface area contributed by atoms with Crippen molar-refractivity contribution in [2.24, 2.45) is 0 Å². The van der Waals surface area contributed by atoms with Gasteiger partial charge in [-0.15, -0.1) is 0 Å². The Labute approximate surface area is 113 Å². The summed E-state index contributed by atoms with van der Waals surface area (Å²) in [6, 6.07) is 7.73. The number of carbonyl (C=O) groups excluding carboxylic acids is 1. The Balaban J connectivity index is 2.22. The molecule has 1 amide bonds. The Bertz CT molecular complexity index is 450. The molecule has 0 aromatic heterocycles. The van der Waals surface area contributed by atoms with Gasteiger partial charge in [0.25, 0.3) is 0 Å². The zero-order valence-corrected chi connectivity index (χ0v) is 11.5. The van der Waals surface area contributed by atoms with E-state index in [1.165, 1.54) is 0 Å². The first kappa shape index (κ1) is 13.8. The number of amides is 1. The Morgan fingerprint density at radius 2 is 2.11 bits per heavy atom. The van der Waals surface area contributed by atoms with Crippen LogP contribution in [0, 0.1) is 0 Å². The minimum absolute atomic E-state index is 0.115. The van der Waals surface area contributed by atoms with Crippen LogP contribution in [0.25, 0.3) is 0 Å². The molecule has 0 aliphatic carbocycles. The number of nitrogens with one attached hydrogen (secondary N) is 1. The summed E-state index contributed by atoms with van der Waals surface area (Å²) in [5.41, 5.74) is 1.82. The van der Waals surface area contributed by atoms with Crippen molar-refractivity contribution in [3.63, 3.8) is 0 Å². The molecule has 5 heteroatoms. The fourth-order valence-corrected chi connectivity index (χ4v) is 2.32. The summed E-state index contributed by atoms with van der Waals surface area (Å²) in [5.74, 6) is 0.115. The maximum Gasteiger partial charge on any atom is 0.241 e. The molecule has 1 aromatic rings. The van der Waals surface area contributed by atoms with E-state index in [4.69, 9.17) is 0 Å². The van der Waals surface area contributed by atoms with Gasteiger partial charge in [0, 0.05) is 37.9 Å². The Morgan fingerprint density at radius 3 is 2.79 bits per heavy atom. The van der Waals surface area contributed by atoms with Crippen molar-refractivity contribution in [2.75, 3.05) is 45.2 Å². The molecule has 1 saturated heterocycles. The van der Waals surface area contributed by atoms with Gasteiger partial charge in [0.2, 0.25) is 5.91 Å². The van der Waals surface area contributed by atoms with Crippen LogP contribution in [-0.2, 0) is 4.79 Å².